The second-order valence-electron chi connectivity index (χ2n) is 6.30. The second-order valence-corrected chi connectivity index (χ2v) is 7.15. The standard InChI is InChI=1S/C21H18Cl2N2O3/c1-12-8-16(13(2)25(12)15-6-4-3-5-7-15)19(26)11-28-21(27)17-9-14(22)10-18(23)20(17)24/h3-10H,11,24H2,1-2H3. The first-order chi connectivity index (χ1) is 13.3. The molecule has 5 nitrogen and oxygen atoms in total. The average Bonchev–Trinajstić information content (AvgIpc) is 2.97. The van der Waals surface area contributed by atoms with Crippen LogP contribution in [-0.4, -0.2) is 22.9 Å². The monoisotopic (exact) mass is 416 g/mol. The van der Waals surface area contributed by atoms with Crippen molar-refractivity contribution in [2.45, 2.75) is 13.8 Å². The SMILES string of the molecule is Cc1cc(C(=O)COC(=O)c2cc(Cl)cc(Cl)c2N)c(C)n1-c1ccccc1. The van der Waals surface area contributed by atoms with Crippen molar-refractivity contribution in [1.82, 2.24) is 4.57 Å². The number of carbonyl (C=O) groups excluding carboxylic acids is 2. The molecular formula is C21H18Cl2N2O3. The first-order valence-corrected chi connectivity index (χ1v) is 9.24. The van der Waals surface area contributed by atoms with Crippen molar-refractivity contribution in [2.75, 3.05) is 12.3 Å². The van der Waals surface area contributed by atoms with Crippen LogP contribution >= 0.6 is 23.2 Å². The molecule has 1 heterocycles. The first-order valence-electron chi connectivity index (χ1n) is 8.48. The number of nitrogens with zero attached hydrogens (tertiary/aromatic N) is 1. The highest BCUT2D eigenvalue weighted by atomic mass is 35.5. The summed E-state index contributed by atoms with van der Waals surface area (Å²) in [6.45, 7) is 3.35. The normalized spacial score (nSPS) is 10.7. The van der Waals surface area contributed by atoms with Gasteiger partial charge in [0.1, 0.15) is 0 Å². The molecule has 0 aliphatic heterocycles. The van der Waals surface area contributed by atoms with Crippen LogP contribution in [0, 0.1) is 13.8 Å². The van der Waals surface area contributed by atoms with Crippen LogP contribution in [0.1, 0.15) is 32.1 Å². The number of anilines is 1. The van der Waals surface area contributed by atoms with Crippen LogP contribution in [0.15, 0.2) is 48.5 Å². The molecule has 28 heavy (non-hydrogen) atoms. The van der Waals surface area contributed by atoms with Gasteiger partial charge in [-0.2, -0.15) is 0 Å². The Morgan fingerprint density at radius 3 is 2.39 bits per heavy atom. The summed E-state index contributed by atoms with van der Waals surface area (Å²) in [5, 5.41) is 0.404. The van der Waals surface area contributed by atoms with Gasteiger partial charge in [0.15, 0.2) is 6.61 Å². The van der Waals surface area contributed by atoms with E-state index >= 15 is 0 Å². The predicted molar refractivity (Wildman–Crippen MR) is 111 cm³/mol. The molecule has 0 aliphatic rings. The van der Waals surface area contributed by atoms with E-state index in [4.69, 9.17) is 33.7 Å². The molecule has 0 fully saturated rings. The summed E-state index contributed by atoms with van der Waals surface area (Å²) < 4.78 is 7.13. The minimum Gasteiger partial charge on any atom is -0.454 e. The fourth-order valence-electron chi connectivity index (χ4n) is 3.06. The van der Waals surface area contributed by atoms with Gasteiger partial charge in [-0.25, -0.2) is 4.79 Å². The third-order valence-corrected chi connectivity index (χ3v) is 4.93. The van der Waals surface area contributed by atoms with Gasteiger partial charge in [-0.15, -0.1) is 0 Å². The van der Waals surface area contributed by atoms with Crippen LogP contribution in [0.5, 0.6) is 0 Å². The second kappa shape index (κ2) is 8.09. The van der Waals surface area contributed by atoms with Crippen LogP contribution in [0.3, 0.4) is 0 Å². The molecule has 0 bridgehead atoms. The maximum absolute atomic E-state index is 12.6. The topological polar surface area (TPSA) is 74.3 Å². The van der Waals surface area contributed by atoms with Crippen molar-refractivity contribution in [1.29, 1.82) is 0 Å². The zero-order valence-electron chi connectivity index (χ0n) is 15.3. The molecule has 1 aromatic heterocycles. The van der Waals surface area contributed by atoms with Crippen molar-refractivity contribution in [3.8, 4) is 5.69 Å². The zero-order valence-corrected chi connectivity index (χ0v) is 16.8. The van der Waals surface area contributed by atoms with Gasteiger partial charge in [-0.05, 0) is 44.2 Å². The van der Waals surface area contributed by atoms with E-state index in [-0.39, 0.29) is 27.1 Å². The smallest absolute Gasteiger partial charge is 0.340 e. The van der Waals surface area contributed by atoms with E-state index in [2.05, 4.69) is 0 Å². The average molecular weight is 417 g/mol. The Morgan fingerprint density at radius 2 is 1.71 bits per heavy atom. The third kappa shape index (κ3) is 3.91. The highest BCUT2D eigenvalue weighted by Crippen LogP contribution is 2.28. The van der Waals surface area contributed by atoms with E-state index in [1.807, 2.05) is 48.7 Å². The quantitative estimate of drug-likeness (QED) is 0.359. The Labute approximate surface area is 172 Å². The van der Waals surface area contributed by atoms with Gasteiger partial charge in [0, 0.05) is 27.7 Å². The Kier molecular flexibility index (Phi) is 5.77. The Balaban J connectivity index is 1.79. The molecule has 0 aliphatic carbocycles. The van der Waals surface area contributed by atoms with Gasteiger partial charge in [0.2, 0.25) is 5.78 Å². The molecule has 7 heteroatoms. The van der Waals surface area contributed by atoms with Gasteiger partial charge < -0.3 is 15.0 Å². The third-order valence-electron chi connectivity index (χ3n) is 4.39. The number of esters is 1. The molecule has 144 valence electrons. The summed E-state index contributed by atoms with van der Waals surface area (Å²) in [4.78, 5) is 25.0. The van der Waals surface area contributed by atoms with E-state index in [0.717, 1.165) is 17.1 Å². The largest absolute Gasteiger partial charge is 0.454 e. The number of aryl methyl sites for hydroxylation is 1. The lowest BCUT2D eigenvalue weighted by molar-refractivity contribution is 0.0475. The molecule has 3 aromatic rings. The van der Waals surface area contributed by atoms with Crippen LogP contribution in [0.4, 0.5) is 5.69 Å². The summed E-state index contributed by atoms with van der Waals surface area (Å²) in [5.74, 6) is -1.07. The summed E-state index contributed by atoms with van der Waals surface area (Å²) in [7, 11) is 0. The van der Waals surface area contributed by atoms with Gasteiger partial charge in [0.25, 0.3) is 0 Å². The van der Waals surface area contributed by atoms with Crippen molar-refractivity contribution < 1.29 is 14.3 Å². The number of halogens is 2. The Hall–Kier alpha value is -2.76. The number of benzene rings is 2. The molecule has 2 aromatic carbocycles. The number of rotatable bonds is 5. The van der Waals surface area contributed by atoms with Crippen LogP contribution in [0.2, 0.25) is 10.0 Å². The minimum absolute atomic E-state index is 0.0278. The van der Waals surface area contributed by atoms with E-state index in [1.54, 1.807) is 6.07 Å². The number of aromatic nitrogens is 1. The van der Waals surface area contributed by atoms with E-state index in [9.17, 15) is 9.59 Å². The zero-order chi connectivity index (χ0) is 20.4. The summed E-state index contributed by atoms with van der Waals surface area (Å²) in [6, 6.07) is 14.3. The number of ketones is 1. The molecule has 0 unspecified atom stereocenters. The molecule has 3 rings (SSSR count). The lowest BCUT2D eigenvalue weighted by atomic mass is 10.1. The fourth-order valence-corrected chi connectivity index (χ4v) is 3.55. The van der Waals surface area contributed by atoms with Crippen molar-refractivity contribution >= 4 is 40.6 Å². The number of Topliss-reactive ketones (excluding diaryl/α,β-unsaturated/α-hetero) is 1. The molecule has 0 spiro atoms. The number of carbonyl (C=O) groups is 2. The van der Waals surface area contributed by atoms with Crippen molar-refractivity contribution in [3.05, 3.63) is 81.1 Å². The number of hydrogen-bond donors (Lipinski definition) is 1. The molecule has 0 saturated carbocycles. The molecular weight excluding hydrogens is 399 g/mol. The van der Waals surface area contributed by atoms with Crippen molar-refractivity contribution in [2.24, 2.45) is 0 Å². The Bertz CT molecular complexity index is 1060. The summed E-state index contributed by atoms with van der Waals surface area (Å²) >= 11 is 11.8. The van der Waals surface area contributed by atoms with E-state index < -0.39 is 12.6 Å². The highest BCUT2D eigenvalue weighted by molar-refractivity contribution is 6.37. The van der Waals surface area contributed by atoms with Crippen LogP contribution in [-0.2, 0) is 4.74 Å². The predicted octanol–water partition coefficient (Wildman–Crippen LogP) is 5.02. The minimum atomic E-state index is -0.757. The van der Waals surface area contributed by atoms with Crippen LogP contribution < -0.4 is 5.73 Å². The number of nitrogen functional groups attached to an aromatic ring is 1. The molecule has 0 radical (unpaired) electrons. The number of nitrogens with two attached hydrogens (primary N) is 1. The van der Waals surface area contributed by atoms with Crippen molar-refractivity contribution in [3.63, 3.8) is 0 Å². The number of ether oxygens (including phenoxy) is 1. The van der Waals surface area contributed by atoms with Gasteiger partial charge in [-0.3, -0.25) is 4.79 Å². The maximum atomic E-state index is 12.6. The summed E-state index contributed by atoms with van der Waals surface area (Å²) in [6.07, 6.45) is 0. The highest BCUT2D eigenvalue weighted by Gasteiger charge is 2.20. The van der Waals surface area contributed by atoms with Gasteiger partial charge in [-0.1, -0.05) is 41.4 Å². The summed E-state index contributed by atoms with van der Waals surface area (Å²) in [5.41, 5.74) is 9.02. The van der Waals surface area contributed by atoms with E-state index in [1.165, 1.54) is 12.1 Å². The molecule has 2 N–H and O–H groups in total. The van der Waals surface area contributed by atoms with E-state index in [0.29, 0.717) is 5.56 Å². The van der Waals surface area contributed by atoms with Gasteiger partial charge in [0.05, 0.1) is 16.3 Å². The number of para-hydroxylation sites is 1. The lowest BCUT2D eigenvalue weighted by Gasteiger charge is -2.10. The lowest BCUT2D eigenvalue weighted by Crippen LogP contribution is -2.16. The maximum Gasteiger partial charge on any atom is 0.340 e. The van der Waals surface area contributed by atoms with Crippen LogP contribution in [0.25, 0.3) is 5.69 Å². The Morgan fingerprint density at radius 1 is 1.04 bits per heavy atom. The number of hydrogen-bond acceptors (Lipinski definition) is 4. The fraction of sp³-hybridized carbons (Fsp3) is 0.143. The van der Waals surface area contributed by atoms with Gasteiger partial charge >= 0.3 is 5.97 Å². The first kappa shape index (κ1) is 20.0. The molecule has 0 amide bonds. The molecule has 0 atom stereocenters. The molecule has 0 saturated heterocycles.